The van der Waals surface area contributed by atoms with Crippen LogP contribution in [0.25, 0.3) is 0 Å². The SMILES string of the molecule is O=S(O)c1ccc(S(=O)(=O)NCc2cnco2)cc1. The lowest BCUT2D eigenvalue weighted by Crippen LogP contribution is -2.23. The quantitative estimate of drug-likeness (QED) is 0.788. The number of nitrogens with one attached hydrogen (secondary N) is 1. The van der Waals surface area contributed by atoms with Crippen LogP contribution in [0.3, 0.4) is 0 Å². The number of nitrogens with zero attached hydrogens (tertiary/aromatic N) is 1. The summed E-state index contributed by atoms with van der Waals surface area (Å²) in [5, 5.41) is 0. The van der Waals surface area contributed by atoms with Gasteiger partial charge in [0.2, 0.25) is 10.0 Å². The molecule has 1 aromatic carbocycles. The van der Waals surface area contributed by atoms with Gasteiger partial charge in [0.05, 0.1) is 22.5 Å². The van der Waals surface area contributed by atoms with Gasteiger partial charge < -0.3 is 8.97 Å². The van der Waals surface area contributed by atoms with Crippen LogP contribution in [0.4, 0.5) is 0 Å². The van der Waals surface area contributed by atoms with E-state index in [0.29, 0.717) is 5.76 Å². The molecule has 2 N–H and O–H groups in total. The molecule has 0 aliphatic rings. The average molecular weight is 302 g/mol. The molecule has 1 aromatic heterocycles. The summed E-state index contributed by atoms with van der Waals surface area (Å²) in [6, 6.07) is 5.07. The van der Waals surface area contributed by atoms with Crippen molar-refractivity contribution in [1.29, 1.82) is 0 Å². The highest BCUT2D eigenvalue weighted by atomic mass is 32.2. The van der Waals surface area contributed by atoms with Crippen molar-refractivity contribution in [3.8, 4) is 0 Å². The molecule has 0 bridgehead atoms. The lowest BCUT2D eigenvalue weighted by Gasteiger charge is -2.05. The van der Waals surface area contributed by atoms with Crippen LogP contribution < -0.4 is 4.72 Å². The van der Waals surface area contributed by atoms with Crippen LogP contribution in [0.1, 0.15) is 5.76 Å². The topological polar surface area (TPSA) is 110 Å². The van der Waals surface area contributed by atoms with E-state index in [0.717, 1.165) is 0 Å². The third-order valence-electron chi connectivity index (χ3n) is 2.26. The van der Waals surface area contributed by atoms with Crippen molar-refractivity contribution in [2.45, 2.75) is 16.3 Å². The summed E-state index contributed by atoms with van der Waals surface area (Å²) in [6.07, 6.45) is 2.61. The fourth-order valence-corrected chi connectivity index (χ4v) is 2.68. The molecule has 19 heavy (non-hydrogen) atoms. The van der Waals surface area contributed by atoms with Crippen molar-refractivity contribution < 1.29 is 21.6 Å². The number of aromatic nitrogens is 1. The maximum absolute atomic E-state index is 11.9. The molecular weight excluding hydrogens is 292 g/mol. The van der Waals surface area contributed by atoms with Gasteiger partial charge in [-0.05, 0) is 24.3 Å². The van der Waals surface area contributed by atoms with Crippen molar-refractivity contribution in [3.63, 3.8) is 0 Å². The standard InChI is InChI=1S/C10H10N2O5S2/c13-18(14)9-1-3-10(4-2-9)19(15,16)12-6-8-5-11-7-17-8/h1-5,7,12H,6H2,(H,13,14). The number of sulfonamides is 1. The smallest absolute Gasteiger partial charge is 0.240 e. The third-order valence-corrected chi connectivity index (χ3v) is 4.35. The van der Waals surface area contributed by atoms with E-state index in [-0.39, 0.29) is 16.3 Å². The summed E-state index contributed by atoms with van der Waals surface area (Å²) in [7, 11) is -3.70. The molecule has 0 fully saturated rings. The maximum Gasteiger partial charge on any atom is 0.240 e. The fourth-order valence-electron chi connectivity index (χ4n) is 1.31. The van der Waals surface area contributed by atoms with Crippen LogP contribution in [-0.2, 0) is 27.6 Å². The summed E-state index contributed by atoms with van der Waals surface area (Å²) in [6.45, 7) is -0.0178. The number of hydrogen-bond donors (Lipinski definition) is 2. The number of hydrogen-bond acceptors (Lipinski definition) is 5. The van der Waals surface area contributed by atoms with Gasteiger partial charge in [0, 0.05) is 0 Å². The van der Waals surface area contributed by atoms with E-state index >= 15 is 0 Å². The average Bonchev–Trinajstić information content (AvgIpc) is 2.90. The minimum atomic E-state index is -3.70. The van der Waals surface area contributed by atoms with Crippen LogP contribution in [0, 0.1) is 0 Å². The van der Waals surface area contributed by atoms with Crippen LogP contribution in [-0.4, -0.2) is 22.2 Å². The van der Waals surface area contributed by atoms with E-state index in [2.05, 4.69) is 9.71 Å². The van der Waals surface area contributed by atoms with Gasteiger partial charge in [-0.3, -0.25) is 0 Å². The Hall–Kier alpha value is -1.55. The predicted molar refractivity (Wildman–Crippen MR) is 66.0 cm³/mol. The van der Waals surface area contributed by atoms with E-state index in [1.54, 1.807) is 0 Å². The highest BCUT2D eigenvalue weighted by Crippen LogP contribution is 2.13. The van der Waals surface area contributed by atoms with Gasteiger partial charge in [-0.1, -0.05) is 0 Å². The van der Waals surface area contributed by atoms with Crippen molar-refractivity contribution >= 4 is 21.1 Å². The third kappa shape index (κ3) is 3.47. The molecule has 0 aliphatic carbocycles. The van der Waals surface area contributed by atoms with Gasteiger partial charge in [-0.15, -0.1) is 0 Å². The lowest BCUT2D eigenvalue weighted by molar-refractivity contribution is 0.494. The van der Waals surface area contributed by atoms with E-state index in [4.69, 9.17) is 8.97 Å². The van der Waals surface area contributed by atoms with Gasteiger partial charge in [-0.25, -0.2) is 22.3 Å². The van der Waals surface area contributed by atoms with Crippen LogP contribution >= 0.6 is 0 Å². The molecule has 1 unspecified atom stereocenters. The van der Waals surface area contributed by atoms with Gasteiger partial charge in [0.25, 0.3) is 0 Å². The molecule has 0 saturated heterocycles. The number of rotatable bonds is 5. The zero-order valence-corrected chi connectivity index (χ0v) is 11.1. The second-order valence-corrected chi connectivity index (χ2v) is 6.25. The second kappa shape index (κ2) is 5.61. The van der Waals surface area contributed by atoms with E-state index in [1.807, 2.05) is 0 Å². The van der Waals surface area contributed by atoms with E-state index < -0.39 is 21.1 Å². The lowest BCUT2D eigenvalue weighted by atomic mass is 10.4. The minimum Gasteiger partial charge on any atom is -0.447 e. The Labute approximate surface area is 112 Å². The largest absolute Gasteiger partial charge is 0.447 e. The Balaban J connectivity index is 2.13. The second-order valence-electron chi connectivity index (χ2n) is 3.51. The summed E-state index contributed by atoms with van der Waals surface area (Å²) < 4.78 is 50.6. The summed E-state index contributed by atoms with van der Waals surface area (Å²) in [5.74, 6) is 0.386. The molecule has 102 valence electrons. The Kier molecular flexibility index (Phi) is 4.10. The Morgan fingerprint density at radius 2 is 2.00 bits per heavy atom. The zero-order chi connectivity index (χ0) is 13.9. The molecule has 0 saturated carbocycles. The predicted octanol–water partition coefficient (Wildman–Crippen LogP) is 0.734. The Morgan fingerprint density at radius 1 is 1.32 bits per heavy atom. The van der Waals surface area contributed by atoms with Gasteiger partial charge >= 0.3 is 0 Å². The molecule has 0 aliphatic heterocycles. The molecule has 0 radical (unpaired) electrons. The molecule has 2 aromatic rings. The molecule has 1 atom stereocenters. The van der Waals surface area contributed by atoms with Crippen molar-refractivity contribution in [3.05, 3.63) is 42.6 Å². The van der Waals surface area contributed by atoms with Crippen molar-refractivity contribution in [1.82, 2.24) is 9.71 Å². The first kappa shape index (κ1) is 13.9. The minimum absolute atomic E-state index is 0.00113. The summed E-state index contributed by atoms with van der Waals surface area (Å²) in [5.41, 5.74) is 0. The van der Waals surface area contributed by atoms with Crippen LogP contribution in [0.5, 0.6) is 0 Å². The van der Waals surface area contributed by atoms with Crippen molar-refractivity contribution in [2.24, 2.45) is 0 Å². The fraction of sp³-hybridized carbons (Fsp3) is 0.100. The van der Waals surface area contributed by atoms with Gasteiger partial charge in [0.15, 0.2) is 17.5 Å². The molecule has 0 spiro atoms. The van der Waals surface area contributed by atoms with Crippen LogP contribution in [0.2, 0.25) is 0 Å². The molecule has 9 heteroatoms. The normalized spacial score (nSPS) is 13.3. The van der Waals surface area contributed by atoms with E-state index in [1.165, 1.54) is 36.9 Å². The van der Waals surface area contributed by atoms with Crippen LogP contribution in [0.15, 0.2) is 51.1 Å². The molecule has 2 rings (SSSR count). The monoisotopic (exact) mass is 302 g/mol. The number of benzene rings is 1. The maximum atomic E-state index is 11.9. The summed E-state index contributed by atoms with van der Waals surface area (Å²) >= 11 is -2.13. The Morgan fingerprint density at radius 3 is 2.53 bits per heavy atom. The molecule has 7 nitrogen and oxygen atoms in total. The summed E-state index contributed by atoms with van der Waals surface area (Å²) in [4.78, 5) is 3.80. The first-order valence-electron chi connectivity index (χ1n) is 5.07. The molecular formula is C10H10N2O5S2. The highest BCUT2D eigenvalue weighted by Gasteiger charge is 2.14. The Bertz CT molecular complexity index is 664. The zero-order valence-electron chi connectivity index (χ0n) is 9.52. The van der Waals surface area contributed by atoms with Gasteiger partial charge in [0.1, 0.15) is 5.76 Å². The highest BCUT2D eigenvalue weighted by molar-refractivity contribution is 7.89. The number of oxazole rings is 1. The first-order valence-corrected chi connectivity index (χ1v) is 7.66. The van der Waals surface area contributed by atoms with E-state index in [9.17, 15) is 12.6 Å². The molecule has 1 heterocycles. The van der Waals surface area contributed by atoms with Gasteiger partial charge in [-0.2, -0.15) is 0 Å². The van der Waals surface area contributed by atoms with Crippen molar-refractivity contribution in [2.75, 3.05) is 0 Å². The first-order chi connectivity index (χ1) is 8.99. The molecule has 0 amide bonds.